The highest BCUT2D eigenvalue weighted by atomic mass is 16.5. The quantitative estimate of drug-likeness (QED) is 0.814. The largest absolute Gasteiger partial charge is 0.449 e. The van der Waals surface area contributed by atoms with Gasteiger partial charge in [-0.05, 0) is 52.7 Å². The van der Waals surface area contributed by atoms with Crippen molar-refractivity contribution < 1.29 is 14.3 Å². The van der Waals surface area contributed by atoms with Gasteiger partial charge in [0, 0.05) is 17.8 Å². The molecule has 1 heterocycles. The van der Waals surface area contributed by atoms with E-state index in [1.54, 1.807) is 19.1 Å². The minimum Gasteiger partial charge on any atom is -0.449 e. The maximum atomic E-state index is 12.0. The molecule has 0 bridgehead atoms. The molecule has 0 radical (unpaired) electrons. The smallest absolute Gasteiger partial charge is 0.340 e. The van der Waals surface area contributed by atoms with Crippen LogP contribution in [0.25, 0.3) is 0 Å². The van der Waals surface area contributed by atoms with E-state index >= 15 is 0 Å². The van der Waals surface area contributed by atoms with Gasteiger partial charge in [0.15, 0.2) is 6.10 Å². The van der Waals surface area contributed by atoms with Crippen LogP contribution in [0.4, 0.5) is 5.82 Å². The van der Waals surface area contributed by atoms with Crippen molar-refractivity contribution in [2.75, 3.05) is 5.32 Å². The summed E-state index contributed by atoms with van der Waals surface area (Å²) in [5.41, 5.74) is -0.0353. The summed E-state index contributed by atoms with van der Waals surface area (Å²) in [6.07, 6.45) is 2.93. The Morgan fingerprint density at radius 2 is 2.00 bits per heavy atom. The lowest BCUT2D eigenvalue weighted by molar-refractivity contribution is -0.130. The van der Waals surface area contributed by atoms with Crippen LogP contribution in [0.3, 0.4) is 0 Å². The van der Waals surface area contributed by atoms with Gasteiger partial charge in [0.2, 0.25) is 0 Å². The first-order chi connectivity index (χ1) is 10.2. The van der Waals surface area contributed by atoms with Gasteiger partial charge in [-0.2, -0.15) is 0 Å². The third kappa shape index (κ3) is 5.02. The SMILES string of the molecule is CC(OC(=O)c1ccc(NC2CC2)nc1)C(=O)NC(C)(C)C. The summed E-state index contributed by atoms with van der Waals surface area (Å²) in [4.78, 5) is 28.1. The van der Waals surface area contributed by atoms with Gasteiger partial charge in [-0.3, -0.25) is 4.79 Å². The lowest BCUT2D eigenvalue weighted by atomic mass is 10.1. The second-order valence-corrected chi connectivity index (χ2v) is 6.64. The molecule has 120 valence electrons. The molecule has 1 amide bonds. The van der Waals surface area contributed by atoms with Gasteiger partial charge < -0.3 is 15.4 Å². The summed E-state index contributed by atoms with van der Waals surface area (Å²) in [5, 5.41) is 6.01. The third-order valence-corrected chi connectivity index (χ3v) is 3.08. The molecule has 6 heteroatoms. The lowest BCUT2D eigenvalue weighted by Gasteiger charge is -2.23. The van der Waals surface area contributed by atoms with Crippen LogP contribution in [-0.4, -0.2) is 34.5 Å². The molecule has 1 saturated carbocycles. The summed E-state index contributed by atoms with van der Waals surface area (Å²) in [7, 11) is 0. The zero-order valence-electron chi connectivity index (χ0n) is 13.5. The number of hydrogen-bond acceptors (Lipinski definition) is 5. The van der Waals surface area contributed by atoms with Crippen molar-refractivity contribution in [1.82, 2.24) is 10.3 Å². The van der Waals surface area contributed by atoms with Gasteiger partial charge in [-0.25, -0.2) is 9.78 Å². The molecule has 1 fully saturated rings. The fraction of sp³-hybridized carbons (Fsp3) is 0.562. The molecule has 0 aromatic carbocycles. The number of hydrogen-bond donors (Lipinski definition) is 2. The third-order valence-electron chi connectivity index (χ3n) is 3.08. The fourth-order valence-corrected chi connectivity index (χ4v) is 1.79. The van der Waals surface area contributed by atoms with Gasteiger partial charge in [-0.15, -0.1) is 0 Å². The number of carbonyl (C=O) groups is 2. The Balaban J connectivity index is 1.89. The summed E-state index contributed by atoms with van der Waals surface area (Å²) in [5.74, 6) is -0.125. The highest BCUT2D eigenvalue weighted by Gasteiger charge is 2.24. The van der Waals surface area contributed by atoms with Crippen LogP contribution in [0.15, 0.2) is 18.3 Å². The van der Waals surface area contributed by atoms with Crippen molar-refractivity contribution in [2.45, 2.75) is 58.2 Å². The molecule has 1 aromatic rings. The molecule has 0 spiro atoms. The van der Waals surface area contributed by atoms with E-state index in [9.17, 15) is 9.59 Å². The van der Waals surface area contributed by atoms with Crippen LogP contribution >= 0.6 is 0 Å². The number of rotatable bonds is 5. The van der Waals surface area contributed by atoms with E-state index < -0.39 is 12.1 Å². The summed E-state index contributed by atoms with van der Waals surface area (Å²) < 4.78 is 5.17. The summed E-state index contributed by atoms with van der Waals surface area (Å²) >= 11 is 0. The normalized spacial score (nSPS) is 15.8. The monoisotopic (exact) mass is 305 g/mol. The zero-order chi connectivity index (χ0) is 16.3. The molecule has 6 nitrogen and oxygen atoms in total. The average Bonchev–Trinajstić information content (AvgIpc) is 3.21. The number of nitrogens with one attached hydrogen (secondary N) is 2. The van der Waals surface area contributed by atoms with Crippen LogP contribution in [0.1, 0.15) is 50.9 Å². The molecule has 0 aliphatic heterocycles. The fourth-order valence-electron chi connectivity index (χ4n) is 1.79. The van der Waals surface area contributed by atoms with Gasteiger partial charge in [0.25, 0.3) is 5.91 Å². The number of carbonyl (C=O) groups excluding carboxylic acids is 2. The van der Waals surface area contributed by atoms with E-state index in [1.807, 2.05) is 20.8 Å². The Hall–Kier alpha value is -2.11. The van der Waals surface area contributed by atoms with Gasteiger partial charge in [-0.1, -0.05) is 0 Å². The number of amides is 1. The number of ether oxygens (including phenoxy) is 1. The first kappa shape index (κ1) is 16.3. The Kier molecular flexibility index (Phi) is 4.68. The highest BCUT2D eigenvalue weighted by molar-refractivity contribution is 5.92. The molecular weight excluding hydrogens is 282 g/mol. The molecule has 0 saturated heterocycles. The number of nitrogens with zero attached hydrogens (tertiary/aromatic N) is 1. The Morgan fingerprint density at radius 1 is 1.32 bits per heavy atom. The number of pyridine rings is 1. The summed E-state index contributed by atoms with van der Waals surface area (Å²) in [6, 6.07) is 3.90. The molecule has 1 unspecified atom stereocenters. The molecule has 22 heavy (non-hydrogen) atoms. The van der Waals surface area contributed by atoms with Crippen molar-refractivity contribution in [3.05, 3.63) is 23.9 Å². The highest BCUT2D eigenvalue weighted by Crippen LogP contribution is 2.23. The van der Waals surface area contributed by atoms with Crippen molar-refractivity contribution in [1.29, 1.82) is 0 Å². The van der Waals surface area contributed by atoms with Crippen LogP contribution < -0.4 is 10.6 Å². The van der Waals surface area contributed by atoms with E-state index in [1.165, 1.54) is 6.20 Å². The van der Waals surface area contributed by atoms with Gasteiger partial charge in [0.05, 0.1) is 5.56 Å². The van der Waals surface area contributed by atoms with Crippen molar-refractivity contribution in [3.8, 4) is 0 Å². The predicted octanol–water partition coefficient (Wildman–Crippen LogP) is 2.12. The van der Waals surface area contributed by atoms with E-state index in [2.05, 4.69) is 15.6 Å². The van der Waals surface area contributed by atoms with E-state index in [-0.39, 0.29) is 11.4 Å². The molecule has 2 N–H and O–H groups in total. The van der Waals surface area contributed by atoms with Crippen LogP contribution in [-0.2, 0) is 9.53 Å². The minimum absolute atomic E-state index is 0.319. The van der Waals surface area contributed by atoms with Crippen molar-refractivity contribution >= 4 is 17.7 Å². The number of aromatic nitrogens is 1. The van der Waals surface area contributed by atoms with Crippen molar-refractivity contribution in [3.63, 3.8) is 0 Å². The van der Waals surface area contributed by atoms with Crippen LogP contribution in [0, 0.1) is 0 Å². The second kappa shape index (κ2) is 6.34. The Labute approximate surface area is 130 Å². The Morgan fingerprint density at radius 3 is 2.50 bits per heavy atom. The molecule has 1 atom stereocenters. The standard InChI is InChI=1S/C16H23N3O3/c1-10(14(20)19-16(2,3)4)22-15(21)11-5-8-13(17-9-11)18-12-6-7-12/h5,8-10,12H,6-7H2,1-4H3,(H,17,18)(H,19,20). The van der Waals surface area contributed by atoms with Gasteiger partial charge in [0.1, 0.15) is 5.82 Å². The average molecular weight is 305 g/mol. The van der Waals surface area contributed by atoms with Crippen LogP contribution in [0.2, 0.25) is 0 Å². The molecule has 1 aliphatic carbocycles. The zero-order valence-corrected chi connectivity index (χ0v) is 13.5. The maximum absolute atomic E-state index is 12.0. The topological polar surface area (TPSA) is 80.3 Å². The molecule has 1 aromatic heterocycles. The predicted molar refractivity (Wildman–Crippen MR) is 83.7 cm³/mol. The van der Waals surface area contributed by atoms with Crippen LogP contribution in [0.5, 0.6) is 0 Å². The molecular formula is C16H23N3O3. The minimum atomic E-state index is -0.851. The van der Waals surface area contributed by atoms with E-state index in [4.69, 9.17) is 4.74 Å². The summed E-state index contributed by atoms with van der Waals surface area (Å²) in [6.45, 7) is 7.16. The number of esters is 1. The van der Waals surface area contributed by atoms with Gasteiger partial charge >= 0.3 is 5.97 Å². The Bertz CT molecular complexity index is 545. The van der Waals surface area contributed by atoms with Crippen molar-refractivity contribution in [2.24, 2.45) is 0 Å². The van der Waals surface area contributed by atoms with E-state index in [0.29, 0.717) is 11.6 Å². The first-order valence-corrected chi connectivity index (χ1v) is 7.50. The number of anilines is 1. The maximum Gasteiger partial charge on any atom is 0.340 e. The second-order valence-electron chi connectivity index (χ2n) is 6.64. The molecule has 1 aliphatic rings. The van der Waals surface area contributed by atoms with E-state index in [0.717, 1.165) is 18.7 Å². The lowest BCUT2D eigenvalue weighted by Crippen LogP contribution is -2.46. The molecule has 2 rings (SSSR count). The first-order valence-electron chi connectivity index (χ1n) is 7.50.